The molecule has 1 fully saturated rings. The number of carbonyl (C=O) groups excluding carboxylic acids is 1. The summed E-state index contributed by atoms with van der Waals surface area (Å²) in [7, 11) is 0. The summed E-state index contributed by atoms with van der Waals surface area (Å²) in [6.07, 6.45) is 2.44. The number of nitrogens with two attached hydrogens (primary N) is 1. The van der Waals surface area contributed by atoms with Crippen LogP contribution < -0.4 is 11.1 Å². The summed E-state index contributed by atoms with van der Waals surface area (Å²) in [5.74, 6) is -0.471. The van der Waals surface area contributed by atoms with Crippen LogP contribution in [0, 0.1) is 0 Å². The molecule has 1 aromatic rings. The molecule has 0 bridgehead atoms. The van der Waals surface area contributed by atoms with Crippen LogP contribution in [0.2, 0.25) is 0 Å². The second kappa shape index (κ2) is 6.24. The van der Waals surface area contributed by atoms with E-state index < -0.39 is 12.0 Å². The van der Waals surface area contributed by atoms with E-state index in [0.29, 0.717) is 17.2 Å². The fourth-order valence-electron chi connectivity index (χ4n) is 2.78. The predicted molar refractivity (Wildman–Crippen MR) is 76.2 cm³/mol. The van der Waals surface area contributed by atoms with Crippen molar-refractivity contribution in [2.45, 2.75) is 50.8 Å². The number of phenolic OH excluding ortho intramolecular Hbond substituents is 1. The first-order chi connectivity index (χ1) is 9.47. The van der Waals surface area contributed by atoms with Gasteiger partial charge in [-0.3, -0.25) is 4.79 Å². The Hall–Kier alpha value is -1.59. The second-order valence-corrected chi connectivity index (χ2v) is 5.58. The largest absolute Gasteiger partial charge is 0.508 e. The van der Waals surface area contributed by atoms with Crippen LogP contribution in [0.3, 0.4) is 0 Å². The van der Waals surface area contributed by atoms with Crippen molar-refractivity contribution in [1.29, 1.82) is 0 Å². The van der Waals surface area contributed by atoms with Gasteiger partial charge in [-0.25, -0.2) is 0 Å². The highest BCUT2D eigenvalue weighted by Gasteiger charge is 2.26. The van der Waals surface area contributed by atoms with Crippen LogP contribution in [-0.4, -0.2) is 28.2 Å². The average molecular weight is 278 g/mol. The van der Waals surface area contributed by atoms with Gasteiger partial charge in [-0.05, 0) is 37.5 Å². The first kappa shape index (κ1) is 14.8. The van der Waals surface area contributed by atoms with Crippen LogP contribution in [0.15, 0.2) is 18.2 Å². The summed E-state index contributed by atoms with van der Waals surface area (Å²) in [5.41, 5.74) is 6.31. The van der Waals surface area contributed by atoms with E-state index in [1.807, 2.05) is 0 Å². The number of piperidine rings is 1. The van der Waals surface area contributed by atoms with E-state index >= 15 is 0 Å². The number of rotatable bonds is 4. The molecule has 0 aromatic heterocycles. The molecule has 0 aliphatic carbocycles. The smallest absolute Gasteiger partial charge is 0.221 e. The third kappa shape index (κ3) is 3.49. The van der Waals surface area contributed by atoms with E-state index in [0.717, 1.165) is 19.3 Å². The lowest BCUT2D eigenvalue weighted by Crippen LogP contribution is -2.44. The number of primary amides is 1. The summed E-state index contributed by atoms with van der Waals surface area (Å²) < 4.78 is 0. The van der Waals surface area contributed by atoms with Crippen molar-refractivity contribution in [2.75, 3.05) is 0 Å². The number of aromatic hydroxyl groups is 1. The minimum Gasteiger partial charge on any atom is -0.508 e. The molecule has 1 aromatic carbocycles. The van der Waals surface area contributed by atoms with Crippen molar-refractivity contribution in [3.8, 4) is 5.75 Å². The molecule has 3 atom stereocenters. The van der Waals surface area contributed by atoms with Crippen LogP contribution in [0.5, 0.6) is 5.75 Å². The summed E-state index contributed by atoms with van der Waals surface area (Å²) in [6, 6.07) is 5.25. The molecule has 0 saturated carbocycles. The molecule has 1 heterocycles. The zero-order valence-electron chi connectivity index (χ0n) is 11.7. The zero-order valence-corrected chi connectivity index (χ0v) is 11.7. The van der Waals surface area contributed by atoms with Gasteiger partial charge in [0.15, 0.2) is 0 Å². The molecule has 0 radical (unpaired) electrons. The van der Waals surface area contributed by atoms with Crippen molar-refractivity contribution in [3.05, 3.63) is 29.3 Å². The molecular weight excluding hydrogens is 256 g/mol. The van der Waals surface area contributed by atoms with Gasteiger partial charge in [0.1, 0.15) is 5.75 Å². The lowest BCUT2D eigenvalue weighted by molar-refractivity contribution is -0.117. The standard InChI is InChI=1S/C15H22N2O3/c1-9-3-2-4-12(17-9)15(20)10-5-6-13(18)11(7-10)8-14(16)19/h5-7,9,12,15,17-18,20H,2-4,8H2,1H3,(H2,16,19). The summed E-state index contributed by atoms with van der Waals surface area (Å²) in [6.45, 7) is 2.11. The molecule has 1 saturated heterocycles. The van der Waals surface area contributed by atoms with Crippen molar-refractivity contribution in [1.82, 2.24) is 5.32 Å². The molecule has 0 spiro atoms. The molecule has 1 amide bonds. The third-order valence-corrected chi connectivity index (χ3v) is 3.84. The van der Waals surface area contributed by atoms with Gasteiger partial charge >= 0.3 is 0 Å². The molecule has 110 valence electrons. The van der Waals surface area contributed by atoms with E-state index in [9.17, 15) is 15.0 Å². The highest BCUT2D eigenvalue weighted by Crippen LogP contribution is 2.28. The third-order valence-electron chi connectivity index (χ3n) is 3.84. The second-order valence-electron chi connectivity index (χ2n) is 5.58. The Morgan fingerprint density at radius 2 is 2.25 bits per heavy atom. The van der Waals surface area contributed by atoms with Gasteiger partial charge in [0.2, 0.25) is 5.91 Å². The average Bonchev–Trinajstić information content (AvgIpc) is 2.40. The van der Waals surface area contributed by atoms with Crippen LogP contribution in [0.1, 0.15) is 43.4 Å². The molecule has 5 heteroatoms. The molecular formula is C15H22N2O3. The quantitative estimate of drug-likeness (QED) is 0.660. The van der Waals surface area contributed by atoms with E-state index in [4.69, 9.17) is 5.73 Å². The van der Waals surface area contributed by atoms with Crippen LogP contribution in [-0.2, 0) is 11.2 Å². The van der Waals surface area contributed by atoms with Gasteiger partial charge in [-0.1, -0.05) is 12.5 Å². The lowest BCUT2D eigenvalue weighted by atomic mass is 9.91. The van der Waals surface area contributed by atoms with Gasteiger partial charge in [-0.2, -0.15) is 0 Å². The van der Waals surface area contributed by atoms with Gasteiger partial charge in [0.25, 0.3) is 0 Å². The molecule has 2 rings (SSSR count). The highest BCUT2D eigenvalue weighted by atomic mass is 16.3. The number of amides is 1. The number of carbonyl (C=O) groups is 1. The maximum Gasteiger partial charge on any atom is 0.221 e. The van der Waals surface area contributed by atoms with Crippen molar-refractivity contribution >= 4 is 5.91 Å². The SMILES string of the molecule is CC1CCCC(C(O)c2ccc(O)c(CC(N)=O)c2)N1. The van der Waals surface area contributed by atoms with Crippen LogP contribution >= 0.6 is 0 Å². The topological polar surface area (TPSA) is 95.6 Å². The summed E-state index contributed by atoms with van der Waals surface area (Å²) in [5, 5.41) is 23.6. The molecule has 20 heavy (non-hydrogen) atoms. The molecule has 1 aliphatic rings. The monoisotopic (exact) mass is 278 g/mol. The van der Waals surface area contributed by atoms with Crippen LogP contribution in [0.4, 0.5) is 0 Å². The Labute approximate surface area is 118 Å². The minimum absolute atomic E-state index is 0.00437. The molecule has 5 N–H and O–H groups in total. The maximum absolute atomic E-state index is 11.0. The van der Waals surface area contributed by atoms with E-state index in [1.165, 1.54) is 6.07 Å². The van der Waals surface area contributed by atoms with Crippen LogP contribution in [0.25, 0.3) is 0 Å². The van der Waals surface area contributed by atoms with Crippen molar-refractivity contribution in [3.63, 3.8) is 0 Å². The summed E-state index contributed by atoms with van der Waals surface area (Å²) in [4.78, 5) is 11.0. The normalized spacial score (nSPS) is 24.3. The van der Waals surface area contributed by atoms with E-state index in [1.54, 1.807) is 12.1 Å². The Bertz CT molecular complexity index is 490. The van der Waals surface area contributed by atoms with Gasteiger partial charge < -0.3 is 21.3 Å². The Kier molecular flexibility index (Phi) is 4.62. The van der Waals surface area contributed by atoms with Crippen molar-refractivity contribution < 1.29 is 15.0 Å². The van der Waals surface area contributed by atoms with E-state index in [2.05, 4.69) is 12.2 Å². The Balaban J connectivity index is 2.16. The molecule has 3 unspecified atom stereocenters. The molecule has 5 nitrogen and oxygen atoms in total. The van der Waals surface area contributed by atoms with Crippen molar-refractivity contribution in [2.24, 2.45) is 5.73 Å². The predicted octanol–water partition coefficient (Wildman–Crippen LogP) is 0.984. The highest BCUT2D eigenvalue weighted by molar-refractivity contribution is 5.77. The number of hydrogen-bond donors (Lipinski definition) is 4. The maximum atomic E-state index is 11.0. The number of aliphatic hydroxyl groups is 1. The number of aliphatic hydroxyl groups excluding tert-OH is 1. The number of phenols is 1. The fraction of sp³-hybridized carbons (Fsp3) is 0.533. The first-order valence-electron chi connectivity index (χ1n) is 7.01. The van der Waals surface area contributed by atoms with Gasteiger partial charge in [0.05, 0.1) is 12.5 Å². The zero-order chi connectivity index (χ0) is 14.7. The first-order valence-corrected chi connectivity index (χ1v) is 7.01. The minimum atomic E-state index is -0.648. The number of nitrogens with one attached hydrogen (secondary N) is 1. The number of hydrogen-bond acceptors (Lipinski definition) is 4. The molecule has 1 aliphatic heterocycles. The Morgan fingerprint density at radius 3 is 2.90 bits per heavy atom. The number of benzene rings is 1. The van der Waals surface area contributed by atoms with Gasteiger partial charge in [0, 0.05) is 17.6 Å². The fourth-order valence-corrected chi connectivity index (χ4v) is 2.78. The van der Waals surface area contributed by atoms with Gasteiger partial charge in [-0.15, -0.1) is 0 Å². The lowest BCUT2D eigenvalue weighted by Gasteiger charge is -2.32. The summed E-state index contributed by atoms with van der Waals surface area (Å²) >= 11 is 0. The van der Waals surface area contributed by atoms with E-state index in [-0.39, 0.29) is 18.2 Å². The Morgan fingerprint density at radius 1 is 1.50 bits per heavy atom.